The van der Waals surface area contributed by atoms with E-state index in [1.54, 1.807) is 18.5 Å². The maximum absolute atomic E-state index is 12.7. The SMILES string of the molecule is O=C(/C=C/c1cccnc1)N1CCC2(CCCN(CCCc3ccccc3)C2)C1. The predicted octanol–water partition coefficient (Wildman–Crippen LogP) is 4.04. The van der Waals surface area contributed by atoms with Gasteiger partial charge in [-0.15, -0.1) is 0 Å². The van der Waals surface area contributed by atoms with E-state index in [1.165, 1.54) is 31.4 Å². The summed E-state index contributed by atoms with van der Waals surface area (Å²) >= 11 is 0. The number of hydrogen-bond acceptors (Lipinski definition) is 3. The molecule has 1 amide bonds. The number of nitrogens with zero attached hydrogens (tertiary/aromatic N) is 3. The van der Waals surface area contributed by atoms with Crippen LogP contribution in [0, 0.1) is 5.41 Å². The van der Waals surface area contributed by atoms with Crippen LogP contribution >= 0.6 is 0 Å². The second-order valence-electron chi connectivity index (χ2n) is 8.60. The number of aryl methyl sites for hydroxylation is 1. The van der Waals surface area contributed by atoms with E-state index in [9.17, 15) is 4.79 Å². The monoisotopic (exact) mass is 389 g/mol. The van der Waals surface area contributed by atoms with E-state index < -0.39 is 0 Å². The summed E-state index contributed by atoms with van der Waals surface area (Å²) in [5.41, 5.74) is 2.69. The zero-order valence-corrected chi connectivity index (χ0v) is 17.2. The van der Waals surface area contributed by atoms with Gasteiger partial charge in [0.25, 0.3) is 0 Å². The zero-order chi connectivity index (χ0) is 19.9. The quantitative estimate of drug-likeness (QED) is 0.700. The van der Waals surface area contributed by atoms with E-state index in [0.717, 1.165) is 44.6 Å². The summed E-state index contributed by atoms with van der Waals surface area (Å²) < 4.78 is 0. The summed E-state index contributed by atoms with van der Waals surface area (Å²) in [6, 6.07) is 14.6. The Morgan fingerprint density at radius 2 is 1.97 bits per heavy atom. The molecule has 2 fully saturated rings. The van der Waals surface area contributed by atoms with Crippen molar-refractivity contribution in [1.82, 2.24) is 14.8 Å². The summed E-state index contributed by atoms with van der Waals surface area (Å²) in [6.45, 7) is 5.28. The van der Waals surface area contributed by atoms with Gasteiger partial charge in [-0.2, -0.15) is 0 Å². The summed E-state index contributed by atoms with van der Waals surface area (Å²) in [7, 11) is 0. The molecule has 1 atom stereocenters. The Hall–Kier alpha value is -2.46. The molecule has 0 radical (unpaired) electrons. The van der Waals surface area contributed by atoms with Crippen LogP contribution in [0.1, 0.15) is 36.8 Å². The fourth-order valence-corrected chi connectivity index (χ4v) is 4.86. The largest absolute Gasteiger partial charge is 0.339 e. The molecule has 2 saturated heterocycles. The number of benzene rings is 1. The summed E-state index contributed by atoms with van der Waals surface area (Å²) in [6.07, 6.45) is 13.1. The fourth-order valence-electron chi connectivity index (χ4n) is 4.86. The van der Waals surface area contributed by atoms with E-state index in [-0.39, 0.29) is 5.91 Å². The predicted molar refractivity (Wildman–Crippen MR) is 117 cm³/mol. The molecule has 2 aliphatic rings. The van der Waals surface area contributed by atoms with Gasteiger partial charge in [-0.3, -0.25) is 9.78 Å². The third kappa shape index (κ3) is 5.33. The average molecular weight is 390 g/mol. The van der Waals surface area contributed by atoms with Crippen LogP contribution in [0.5, 0.6) is 0 Å². The highest BCUT2D eigenvalue weighted by molar-refractivity contribution is 5.92. The number of carbonyl (C=O) groups excluding carboxylic acids is 1. The molecule has 4 nitrogen and oxygen atoms in total. The molecule has 0 bridgehead atoms. The van der Waals surface area contributed by atoms with Crippen molar-refractivity contribution in [2.45, 2.75) is 32.1 Å². The van der Waals surface area contributed by atoms with Gasteiger partial charge in [-0.1, -0.05) is 36.4 Å². The van der Waals surface area contributed by atoms with E-state index >= 15 is 0 Å². The van der Waals surface area contributed by atoms with Crippen LogP contribution in [0.2, 0.25) is 0 Å². The lowest BCUT2D eigenvalue weighted by Gasteiger charge is -2.40. The number of carbonyl (C=O) groups is 1. The third-order valence-corrected chi connectivity index (χ3v) is 6.38. The zero-order valence-electron chi connectivity index (χ0n) is 17.2. The van der Waals surface area contributed by atoms with Crippen molar-refractivity contribution in [1.29, 1.82) is 0 Å². The Bertz CT molecular complexity index is 820. The van der Waals surface area contributed by atoms with Crippen LogP contribution in [-0.2, 0) is 11.2 Å². The molecule has 4 rings (SSSR count). The molecule has 0 saturated carbocycles. The fraction of sp³-hybridized carbons (Fsp3) is 0.440. The Kier molecular flexibility index (Phi) is 6.40. The summed E-state index contributed by atoms with van der Waals surface area (Å²) in [4.78, 5) is 21.4. The molecule has 152 valence electrons. The van der Waals surface area contributed by atoms with Crippen molar-refractivity contribution in [2.75, 3.05) is 32.7 Å². The van der Waals surface area contributed by atoms with Gasteiger partial charge < -0.3 is 9.80 Å². The molecular weight excluding hydrogens is 358 g/mol. The highest BCUT2D eigenvalue weighted by Gasteiger charge is 2.42. The van der Waals surface area contributed by atoms with Gasteiger partial charge in [0, 0.05) is 43.5 Å². The maximum Gasteiger partial charge on any atom is 0.246 e. The second kappa shape index (κ2) is 9.36. The van der Waals surface area contributed by atoms with Gasteiger partial charge >= 0.3 is 0 Å². The number of likely N-dealkylation sites (tertiary alicyclic amines) is 2. The lowest BCUT2D eigenvalue weighted by molar-refractivity contribution is -0.125. The number of aromatic nitrogens is 1. The molecule has 3 heterocycles. The minimum atomic E-state index is 0.131. The average Bonchev–Trinajstić information content (AvgIpc) is 3.17. The first-order chi connectivity index (χ1) is 14.2. The van der Waals surface area contributed by atoms with Gasteiger partial charge in [-0.25, -0.2) is 0 Å². The van der Waals surface area contributed by atoms with Gasteiger partial charge in [0.2, 0.25) is 5.91 Å². The highest BCUT2D eigenvalue weighted by Crippen LogP contribution is 2.39. The molecule has 29 heavy (non-hydrogen) atoms. The molecule has 2 aliphatic heterocycles. The molecule has 0 N–H and O–H groups in total. The van der Waals surface area contributed by atoms with E-state index in [0.29, 0.717) is 5.41 Å². The smallest absolute Gasteiger partial charge is 0.246 e. The van der Waals surface area contributed by atoms with E-state index in [1.807, 2.05) is 23.1 Å². The Morgan fingerprint density at radius 1 is 1.07 bits per heavy atom. The van der Waals surface area contributed by atoms with Crippen LogP contribution in [0.25, 0.3) is 6.08 Å². The van der Waals surface area contributed by atoms with Gasteiger partial charge in [0.1, 0.15) is 0 Å². The minimum Gasteiger partial charge on any atom is -0.339 e. The van der Waals surface area contributed by atoms with Crippen LogP contribution < -0.4 is 0 Å². The molecule has 4 heteroatoms. The number of rotatable bonds is 6. The van der Waals surface area contributed by atoms with Crippen molar-refractivity contribution in [3.63, 3.8) is 0 Å². The summed E-state index contributed by atoms with van der Waals surface area (Å²) in [5.74, 6) is 0.131. The molecule has 1 unspecified atom stereocenters. The van der Waals surface area contributed by atoms with E-state index in [2.05, 4.69) is 40.2 Å². The first-order valence-electron chi connectivity index (χ1n) is 10.9. The molecule has 2 aromatic rings. The van der Waals surface area contributed by atoms with Crippen molar-refractivity contribution in [3.8, 4) is 0 Å². The number of pyridine rings is 1. The van der Waals surface area contributed by atoms with Gasteiger partial charge in [0.15, 0.2) is 0 Å². The van der Waals surface area contributed by atoms with Gasteiger partial charge in [-0.05, 0) is 68.5 Å². The Labute approximate surface area is 174 Å². The number of piperidine rings is 1. The number of hydrogen-bond donors (Lipinski definition) is 0. The van der Waals surface area contributed by atoms with Crippen molar-refractivity contribution in [3.05, 3.63) is 72.1 Å². The van der Waals surface area contributed by atoms with Gasteiger partial charge in [0.05, 0.1) is 0 Å². The molecule has 1 aromatic carbocycles. The topological polar surface area (TPSA) is 36.4 Å². The van der Waals surface area contributed by atoms with Crippen molar-refractivity contribution in [2.24, 2.45) is 5.41 Å². The van der Waals surface area contributed by atoms with E-state index in [4.69, 9.17) is 0 Å². The standard InChI is InChI=1S/C25H31N3O/c29-24(12-11-23-9-4-15-26-19-23)28-18-14-25(21-28)13-6-17-27(20-25)16-5-10-22-7-2-1-3-8-22/h1-4,7-9,11-12,15,19H,5-6,10,13-14,16-18,20-21H2/b12-11+. The first-order valence-corrected chi connectivity index (χ1v) is 10.9. The number of amides is 1. The Balaban J connectivity index is 1.27. The Morgan fingerprint density at radius 3 is 2.79 bits per heavy atom. The first kappa shape index (κ1) is 19.8. The minimum absolute atomic E-state index is 0.131. The third-order valence-electron chi connectivity index (χ3n) is 6.38. The van der Waals surface area contributed by atoms with Crippen molar-refractivity contribution < 1.29 is 4.79 Å². The molecule has 0 aliphatic carbocycles. The second-order valence-corrected chi connectivity index (χ2v) is 8.60. The molecule has 1 spiro atoms. The maximum atomic E-state index is 12.7. The normalized spacial score (nSPS) is 22.6. The van der Waals surface area contributed by atoms with Crippen molar-refractivity contribution >= 4 is 12.0 Å². The lowest BCUT2D eigenvalue weighted by Crippen LogP contribution is -2.45. The summed E-state index contributed by atoms with van der Waals surface area (Å²) in [5, 5.41) is 0. The molecule has 1 aromatic heterocycles. The highest BCUT2D eigenvalue weighted by atomic mass is 16.2. The molecular formula is C25H31N3O. The van der Waals surface area contributed by atoms with Crippen LogP contribution in [0.3, 0.4) is 0 Å². The van der Waals surface area contributed by atoms with Crippen LogP contribution in [0.15, 0.2) is 60.9 Å². The van der Waals surface area contributed by atoms with Crippen LogP contribution in [0.4, 0.5) is 0 Å². The lowest BCUT2D eigenvalue weighted by atomic mass is 9.79. The van der Waals surface area contributed by atoms with Crippen LogP contribution in [-0.4, -0.2) is 53.4 Å².